The van der Waals surface area contributed by atoms with Crippen LogP contribution in [0.15, 0.2) is 53.0 Å². The highest BCUT2D eigenvalue weighted by Gasteiger charge is 2.09. The molecule has 0 saturated carbocycles. The van der Waals surface area contributed by atoms with Gasteiger partial charge in [0.05, 0.1) is 13.2 Å². The standard InChI is InChI=1S/C15H17BrN2O/c1-19-14-8-6-13(7-9-14)18-15(10-17)11-2-4-12(16)5-3-11/h2-9,15,18H,10,17H2,1H3. The smallest absolute Gasteiger partial charge is 0.119 e. The lowest BCUT2D eigenvalue weighted by Gasteiger charge is -2.19. The minimum absolute atomic E-state index is 0.0986. The molecular weight excluding hydrogens is 304 g/mol. The third-order valence-corrected chi connectivity index (χ3v) is 3.47. The average Bonchev–Trinajstić information content (AvgIpc) is 2.46. The van der Waals surface area contributed by atoms with E-state index in [-0.39, 0.29) is 6.04 Å². The molecule has 3 nitrogen and oxygen atoms in total. The lowest BCUT2D eigenvalue weighted by Crippen LogP contribution is -2.20. The van der Waals surface area contributed by atoms with Crippen LogP contribution >= 0.6 is 15.9 Å². The molecule has 0 aliphatic rings. The molecule has 2 rings (SSSR count). The Morgan fingerprint density at radius 2 is 1.74 bits per heavy atom. The number of benzene rings is 2. The molecule has 0 radical (unpaired) electrons. The van der Waals surface area contributed by atoms with E-state index in [2.05, 4.69) is 33.4 Å². The summed E-state index contributed by atoms with van der Waals surface area (Å²) in [5.74, 6) is 0.846. The van der Waals surface area contributed by atoms with Gasteiger partial charge in [0.2, 0.25) is 0 Å². The number of hydrogen-bond donors (Lipinski definition) is 2. The SMILES string of the molecule is COc1ccc(NC(CN)c2ccc(Br)cc2)cc1. The van der Waals surface area contributed by atoms with Crippen LogP contribution in [-0.2, 0) is 0 Å². The highest BCUT2D eigenvalue weighted by Crippen LogP contribution is 2.22. The number of rotatable bonds is 5. The van der Waals surface area contributed by atoms with E-state index in [1.54, 1.807) is 7.11 Å². The molecule has 19 heavy (non-hydrogen) atoms. The summed E-state index contributed by atoms with van der Waals surface area (Å²) in [4.78, 5) is 0. The third-order valence-electron chi connectivity index (χ3n) is 2.94. The van der Waals surface area contributed by atoms with Crippen LogP contribution in [0.2, 0.25) is 0 Å². The Morgan fingerprint density at radius 3 is 2.26 bits per heavy atom. The summed E-state index contributed by atoms with van der Waals surface area (Å²) in [6.07, 6.45) is 0. The van der Waals surface area contributed by atoms with Crippen LogP contribution in [-0.4, -0.2) is 13.7 Å². The van der Waals surface area contributed by atoms with E-state index >= 15 is 0 Å². The van der Waals surface area contributed by atoms with Crippen molar-refractivity contribution in [2.24, 2.45) is 5.73 Å². The molecule has 3 N–H and O–H groups in total. The van der Waals surface area contributed by atoms with E-state index < -0.39 is 0 Å². The molecule has 0 spiro atoms. The first-order valence-electron chi connectivity index (χ1n) is 6.09. The molecule has 100 valence electrons. The highest BCUT2D eigenvalue weighted by atomic mass is 79.9. The predicted molar refractivity (Wildman–Crippen MR) is 82.6 cm³/mol. The van der Waals surface area contributed by atoms with Crippen molar-refractivity contribution in [3.8, 4) is 5.75 Å². The second kappa shape index (κ2) is 6.59. The van der Waals surface area contributed by atoms with Gasteiger partial charge in [-0.15, -0.1) is 0 Å². The number of methoxy groups -OCH3 is 1. The van der Waals surface area contributed by atoms with Crippen LogP contribution in [0.3, 0.4) is 0 Å². The van der Waals surface area contributed by atoms with Crippen LogP contribution in [0.4, 0.5) is 5.69 Å². The van der Waals surface area contributed by atoms with Gasteiger partial charge in [-0.1, -0.05) is 28.1 Å². The van der Waals surface area contributed by atoms with Crippen LogP contribution in [0.1, 0.15) is 11.6 Å². The van der Waals surface area contributed by atoms with Crippen molar-refractivity contribution in [1.29, 1.82) is 0 Å². The largest absolute Gasteiger partial charge is 0.497 e. The van der Waals surface area contributed by atoms with Crippen molar-refractivity contribution in [2.45, 2.75) is 6.04 Å². The maximum atomic E-state index is 5.85. The Hall–Kier alpha value is -1.52. The zero-order chi connectivity index (χ0) is 13.7. The zero-order valence-corrected chi connectivity index (χ0v) is 12.4. The Labute approximate surface area is 121 Å². The summed E-state index contributed by atoms with van der Waals surface area (Å²) < 4.78 is 6.21. The molecule has 0 amide bonds. The average molecular weight is 321 g/mol. The molecule has 0 aliphatic heterocycles. The molecule has 4 heteroatoms. The van der Waals surface area contributed by atoms with Crippen LogP contribution < -0.4 is 15.8 Å². The first kappa shape index (κ1) is 13.9. The van der Waals surface area contributed by atoms with E-state index in [1.165, 1.54) is 5.56 Å². The molecule has 2 aromatic carbocycles. The van der Waals surface area contributed by atoms with Crippen LogP contribution in [0.25, 0.3) is 0 Å². The number of nitrogens with two attached hydrogens (primary N) is 1. The van der Waals surface area contributed by atoms with Gasteiger partial charge in [0, 0.05) is 16.7 Å². The summed E-state index contributed by atoms with van der Waals surface area (Å²) in [5, 5.41) is 3.42. The van der Waals surface area contributed by atoms with Gasteiger partial charge < -0.3 is 15.8 Å². The summed E-state index contributed by atoms with van der Waals surface area (Å²) in [7, 11) is 1.66. The monoisotopic (exact) mass is 320 g/mol. The number of ether oxygens (including phenoxy) is 1. The molecule has 2 aromatic rings. The van der Waals surface area contributed by atoms with Crippen molar-refractivity contribution in [3.05, 3.63) is 58.6 Å². The fraction of sp³-hybridized carbons (Fsp3) is 0.200. The summed E-state index contributed by atoms with van der Waals surface area (Å²) >= 11 is 3.43. The number of hydrogen-bond acceptors (Lipinski definition) is 3. The number of halogens is 1. The zero-order valence-electron chi connectivity index (χ0n) is 10.8. The van der Waals surface area contributed by atoms with Crippen LogP contribution in [0.5, 0.6) is 5.75 Å². The van der Waals surface area contributed by atoms with Gasteiger partial charge in [0.25, 0.3) is 0 Å². The Bertz CT molecular complexity index is 511. The minimum Gasteiger partial charge on any atom is -0.497 e. The van der Waals surface area contributed by atoms with Crippen molar-refractivity contribution < 1.29 is 4.74 Å². The highest BCUT2D eigenvalue weighted by molar-refractivity contribution is 9.10. The molecular formula is C15H17BrN2O. The topological polar surface area (TPSA) is 47.3 Å². The minimum atomic E-state index is 0.0986. The predicted octanol–water partition coefficient (Wildman–Crippen LogP) is 3.57. The normalized spacial score (nSPS) is 11.9. The lowest BCUT2D eigenvalue weighted by molar-refractivity contribution is 0.415. The van der Waals surface area contributed by atoms with E-state index in [4.69, 9.17) is 10.5 Å². The fourth-order valence-electron chi connectivity index (χ4n) is 1.86. The quantitative estimate of drug-likeness (QED) is 0.885. The van der Waals surface area contributed by atoms with Gasteiger partial charge in [-0.3, -0.25) is 0 Å². The number of anilines is 1. The molecule has 0 saturated heterocycles. The Morgan fingerprint density at radius 1 is 1.11 bits per heavy atom. The fourth-order valence-corrected chi connectivity index (χ4v) is 2.13. The summed E-state index contributed by atoms with van der Waals surface area (Å²) in [5.41, 5.74) is 8.04. The lowest BCUT2D eigenvalue weighted by atomic mass is 10.1. The first-order valence-corrected chi connectivity index (χ1v) is 6.88. The van der Waals surface area contributed by atoms with E-state index in [1.807, 2.05) is 36.4 Å². The molecule has 0 bridgehead atoms. The second-order valence-electron chi connectivity index (χ2n) is 4.21. The van der Waals surface area contributed by atoms with Gasteiger partial charge in [-0.25, -0.2) is 0 Å². The summed E-state index contributed by atoms with van der Waals surface area (Å²) in [6, 6.07) is 16.1. The van der Waals surface area contributed by atoms with Crippen molar-refractivity contribution >= 4 is 21.6 Å². The Kier molecular flexibility index (Phi) is 4.82. The first-order chi connectivity index (χ1) is 9.22. The third kappa shape index (κ3) is 3.72. The van der Waals surface area contributed by atoms with Gasteiger partial charge in [0.1, 0.15) is 5.75 Å². The van der Waals surface area contributed by atoms with Gasteiger partial charge >= 0.3 is 0 Å². The molecule has 1 unspecified atom stereocenters. The molecule has 0 heterocycles. The molecule has 0 aromatic heterocycles. The summed E-state index contributed by atoms with van der Waals surface area (Å²) in [6.45, 7) is 0.535. The van der Waals surface area contributed by atoms with E-state index in [0.717, 1.165) is 15.9 Å². The van der Waals surface area contributed by atoms with Gasteiger partial charge in [-0.05, 0) is 42.0 Å². The molecule has 1 atom stereocenters. The Balaban J connectivity index is 2.11. The van der Waals surface area contributed by atoms with Crippen LogP contribution in [0, 0.1) is 0 Å². The number of nitrogens with one attached hydrogen (secondary N) is 1. The molecule has 0 fully saturated rings. The van der Waals surface area contributed by atoms with E-state index in [9.17, 15) is 0 Å². The maximum absolute atomic E-state index is 5.85. The van der Waals surface area contributed by atoms with Gasteiger partial charge in [0.15, 0.2) is 0 Å². The second-order valence-corrected chi connectivity index (χ2v) is 5.13. The van der Waals surface area contributed by atoms with Gasteiger partial charge in [-0.2, -0.15) is 0 Å². The van der Waals surface area contributed by atoms with Crippen molar-refractivity contribution in [2.75, 3.05) is 19.0 Å². The molecule has 0 aliphatic carbocycles. The van der Waals surface area contributed by atoms with Crippen molar-refractivity contribution in [1.82, 2.24) is 0 Å². The van der Waals surface area contributed by atoms with E-state index in [0.29, 0.717) is 6.54 Å². The van der Waals surface area contributed by atoms with Crippen molar-refractivity contribution in [3.63, 3.8) is 0 Å². The maximum Gasteiger partial charge on any atom is 0.119 e.